The first-order valence-electron chi connectivity index (χ1n) is 15.1. The Hall–Kier alpha value is -4.36. The topological polar surface area (TPSA) is 78.0 Å². The molecule has 0 radical (unpaired) electrons. The summed E-state index contributed by atoms with van der Waals surface area (Å²) in [6, 6.07) is 3.57. The van der Waals surface area contributed by atoms with E-state index in [1.165, 1.54) is 26.0 Å². The van der Waals surface area contributed by atoms with Crippen LogP contribution in [0.4, 0.5) is 35.5 Å². The minimum absolute atomic E-state index is 0.00501. The quantitative estimate of drug-likeness (QED) is 0.0959. The summed E-state index contributed by atoms with van der Waals surface area (Å²) in [5.74, 6) is -1.41. The van der Waals surface area contributed by atoms with E-state index in [2.05, 4.69) is 4.74 Å². The minimum atomic E-state index is -5.08. The Kier molecular flexibility index (Phi) is 12.5. The number of nitrogens with zero attached hydrogens (tertiary/aromatic N) is 2. The summed E-state index contributed by atoms with van der Waals surface area (Å²) in [4.78, 5) is 30.6. The molecular weight excluding hydrogens is 649 g/mol. The molecule has 1 fully saturated rings. The number of pyridine rings is 1. The molecule has 14 heteroatoms. The van der Waals surface area contributed by atoms with Crippen molar-refractivity contribution < 1.29 is 54.5 Å². The zero-order valence-electron chi connectivity index (χ0n) is 27.3. The zero-order valence-corrected chi connectivity index (χ0v) is 27.3. The van der Waals surface area contributed by atoms with E-state index in [0.29, 0.717) is 34.7 Å². The number of cyclic esters (lactones) is 1. The van der Waals surface area contributed by atoms with E-state index in [9.17, 15) is 40.3 Å². The Balaban J connectivity index is 2.09. The molecule has 1 aromatic heterocycles. The molecule has 1 aromatic carbocycles. The second-order valence-corrected chi connectivity index (χ2v) is 11.2. The van der Waals surface area contributed by atoms with Gasteiger partial charge in [0.2, 0.25) is 0 Å². The van der Waals surface area contributed by atoms with Crippen LogP contribution in [0.1, 0.15) is 92.6 Å². The van der Waals surface area contributed by atoms with Crippen molar-refractivity contribution in [2.24, 2.45) is 0 Å². The van der Waals surface area contributed by atoms with Crippen molar-refractivity contribution in [1.29, 1.82) is 0 Å². The lowest BCUT2D eigenvalue weighted by atomic mass is 9.95. The fourth-order valence-electron chi connectivity index (χ4n) is 5.33. The summed E-state index contributed by atoms with van der Waals surface area (Å²) in [6.45, 7) is 6.82. The van der Waals surface area contributed by atoms with E-state index in [1.807, 2.05) is 13.8 Å². The van der Waals surface area contributed by atoms with Gasteiger partial charge in [-0.1, -0.05) is 32.4 Å². The maximum absolute atomic E-state index is 14.8. The Labute approximate surface area is 274 Å². The second-order valence-electron chi connectivity index (χ2n) is 11.2. The normalized spacial score (nSPS) is 18.6. The summed E-state index contributed by atoms with van der Waals surface area (Å²) in [6.07, 6.45) is -7.62. The lowest BCUT2D eigenvalue weighted by Gasteiger charge is -2.24. The van der Waals surface area contributed by atoms with E-state index < -0.39 is 59.1 Å². The van der Waals surface area contributed by atoms with Crippen molar-refractivity contribution >= 4 is 17.6 Å². The van der Waals surface area contributed by atoms with Crippen LogP contribution in [0.3, 0.4) is 0 Å². The number of aromatic nitrogens is 1. The number of benzene rings is 1. The third-order valence-electron chi connectivity index (χ3n) is 7.90. The van der Waals surface area contributed by atoms with Gasteiger partial charge in [-0.2, -0.15) is 26.3 Å². The number of amides is 1. The first kappa shape index (κ1) is 38.1. The maximum atomic E-state index is 14.8. The van der Waals surface area contributed by atoms with E-state index in [1.54, 1.807) is 25.1 Å². The molecule has 1 aliphatic heterocycles. The number of rotatable bonds is 12. The number of halogens is 7. The Morgan fingerprint density at radius 2 is 1.69 bits per heavy atom. The van der Waals surface area contributed by atoms with Gasteiger partial charge < -0.3 is 14.2 Å². The summed E-state index contributed by atoms with van der Waals surface area (Å²) in [5.41, 5.74) is -1.77. The summed E-state index contributed by atoms with van der Waals surface area (Å²) in [5, 5.41) is 0. The van der Waals surface area contributed by atoms with Crippen LogP contribution in [0.25, 0.3) is 5.57 Å². The molecule has 2 aromatic rings. The van der Waals surface area contributed by atoms with Crippen molar-refractivity contribution in [3.8, 4) is 0 Å². The second kappa shape index (κ2) is 15.7. The van der Waals surface area contributed by atoms with Crippen LogP contribution in [-0.4, -0.2) is 42.2 Å². The van der Waals surface area contributed by atoms with Gasteiger partial charge in [0.05, 0.1) is 50.0 Å². The number of hydrogen-bond donors (Lipinski definition) is 0. The van der Waals surface area contributed by atoms with Crippen molar-refractivity contribution in [2.75, 3.05) is 14.2 Å². The first-order chi connectivity index (χ1) is 22.4. The van der Waals surface area contributed by atoms with Gasteiger partial charge in [-0.05, 0) is 62.1 Å². The van der Waals surface area contributed by atoms with Crippen molar-refractivity contribution in [1.82, 2.24) is 9.88 Å². The Morgan fingerprint density at radius 1 is 1.06 bits per heavy atom. The first-order valence-corrected chi connectivity index (χ1v) is 15.1. The van der Waals surface area contributed by atoms with E-state index in [4.69, 9.17) is 14.5 Å². The number of methoxy groups -OCH3 is 2. The highest BCUT2D eigenvalue weighted by Crippen LogP contribution is 2.41. The van der Waals surface area contributed by atoms with Crippen molar-refractivity contribution in [2.45, 2.75) is 83.9 Å². The number of hydrogen-bond acceptors (Lipinski definition) is 6. The lowest BCUT2D eigenvalue weighted by Crippen LogP contribution is -2.32. The smallest absolute Gasteiger partial charge is 0.416 e. The molecule has 0 aliphatic carbocycles. The number of ether oxygens (including phenoxy) is 3. The van der Waals surface area contributed by atoms with Gasteiger partial charge in [0.1, 0.15) is 17.7 Å². The molecule has 3 atom stereocenters. The fourth-order valence-corrected chi connectivity index (χ4v) is 5.33. The maximum Gasteiger partial charge on any atom is 0.416 e. The largest absolute Gasteiger partial charge is 0.496 e. The van der Waals surface area contributed by atoms with Crippen molar-refractivity contribution in [3.63, 3.8) is 0 Å². The monoisotopic (exact) mass is 686 g/mol. The average molecular weight is 687 g/mol. The summed E-state index contributed by atoms with van der Waals surface area (Å²) in [7, 11) is 2.48. The zero-order chi connectivity index (χ0) is 36.0. The molecule has 0 spiro atoms. The number of carbonyl (C=O) groups is 2. The molecule has 0 saturated carbocycles. The van der Waals surface area contributed by atoms with Gasteiger partial charge in [-0.25, -0.2) is 9.18 Å². The van der Waals surface area contributed by atoms with Crippen LogP contribution in [0.5, 0.6) is 0 Å². The lowest BCUT2D eigenvalue weighted by molar-refractivity contribution is -0.143. The Morgan fingerprint density at radius 3 is 2.21 bits per heavy atom. The molecule has 1 aliphatic rings. The van der Waals surface area contributed by atoms with Crippen LogP contribution >= 0.6 is 0 Å². The minimum Gasteiger partial charge on any atom is -0.496 e. The highest BCUT2D eigenvalue weighted by molar-refractivity contribution is 5.79. The molecule has 2 heterocycles. The predicted octanol–water partition coefficient (Wildman–Crippen LogP) is 9.45. The predicted molar refractivity (Wildman–Crippen MR) is 163 cm³/mol. The van der Waals surface area contributed by atoms with Gasteiger partial charge in [0.15, 0.2) is 0 Å². The number of carbonyl (C=O) groups excluding carboxylic acids is 2. The molecule has 0 bridgehead atoms. The average Bonchev–Trinajstić information content (AvgIpc) is 3.31. The SMILES string of the molecule is C\C=C(/C(=C\C(F)=C\CC(=O)OC)OC)c1ccc(C(C)CCC)nc1CN1C(=O)OC(c2cc(C(F)(F)F)cc(C(F)(F)F)c2)C1C. The van der Waals surface area contributed by atoms with Gasteiger partial charge in [0.25, 0.3) is 0 Å². The number of esters is 1. The van der Waals surface area contributed by atoms with Gasteiger partial charge in [-0.3, -0.25) is 14.7 Å². The van der Waals surface area contributed by atoms with Gasteiger partial charge in [0, 0.05) is 22.9 Å². The van der Waals surface area contributed by atoms with E-state index in [0.717, 1.165) is 25.0 Å². The number of allylic oxidation sites excluding steroid dienone is 4. The third-order valence-corrected chi connectivity index (χ3v) is 7.90. The third kappa shape index (κ3) is 9.16. The van der Waals surface area contributed by atoms with Crippen LogP contribution in [-0.2, 0) is 37.9 Å². The van der Waals surface area contributed by atoms with Crippen LogP contribution in [0.15, 0.2) is 60.1 Å². The van der Waals surface area contributed by atoms with Gasteiger partial charge >= 0.3 is 24.4 Å². The molecule has 1 amide bonds. The molecule has 262 valence electrons. The molecule has 3 rings (SSSR count). The van der Waals surface area contributed by atoms with Crippen molar-refractivity contribution in [3.05, 3.63) is 93.8 Å². The molecule has 0 N–H and O–H groups in total. The van der Waals surface area contributed by atoms with Crippen LogP contribution in [0, 0.1) is 0 Å². The van der Waals surface area contributed by atoms with E-state index >= 15 is 0 Å². The molecule has 7 nitrogen and oxygen atoms in total. The van der Waals surface area contributed by atoms with Crippen LogP contribution in [0.2, 0.25) is 0 Å². The molecule has 3 unspecified atom stereocenters. The summed E-state index contributed by atoms with van der Waals surface area (Å²) >= 11 is 0. The Bertz CT molecular complexity index is 1550. The molecule has 48 heavy (non-hydrogen) atoms. The molecular formula is C34H37F7N2O5. The highest BCUT2D eigenvalue weighted by Gasteiger charge is 2.43. The van der Waals surface area contributed by atoms with Crippen LogP contribution < -0.4 is 0 Å². The fraction of sp³-hybridized carbons (Fsp3) is 0.441. The van der Waals surface area contributed by atoms with E-state index in [-0.39, 0.29) is 30.7 Å². The summed E-state index contributed by atoms with van der Waals surface area (Å²) < 4.78 is 112. The van der Waals surface area contributed by atoms with Gasteiger partial charge in [-0.15, -0.1) is 0 Å². The molecule has 1 saturated heterocycles. The number of alkyl halides is 6. The highest BCUT2D eigenvalue weighted by atomic mass is 19.4. The standard InChI is InChI=1S/C34H37F7N2O5/c1-7-9-19(3)27-12-11-26(25(8-2)29(46-5)17-24(35)10-13-30(44)47-6)28(42-27)18-43-20(4)31(48-32(43)45)21-14-22(33(36,37)38)16-23(15-21)34(39,40)41/h8,10-12,14-17,19-20,31H,7,9,13,18H2,1-6H3/b24-10-,25-8-,29-17+.